The summed E-state index contributed by atoms with van der Waals surface area (Å²) in [6.07, 6.45) is -7.60. The first-order chi connectivity index (χ1) is 36.9. The average Bonchev–Trinajstić information content (AvgIpc) is 3.45. The Balaban J connectivity index is 1.07. The van der Waals surface area contributed by atoms with E-state index in [-0.39, 0.29) is 46.2 Å². The van der Waals surface area contributed by atoms with Gasteiger partial charge >= 0.3 is 5.97 Å². The normalized spacial score (nSPS) is 23.6. The lowest BCUT2D eigenvalue weighted by Crippen LogP contribution is -2.63. The van der Waals surface area contributed by atoms with Gasteiger partial charge in [0.2, 0.25) is 0 Å². The molecule has 2 heterocycles. The highest BCUT2D eigenvalue weighted by molar-refractivity contribution is 7.99. The number of hydrogen-bond acceptors (Lipinski definition) is 12. The monoisotopic (exact) mass is 1050 g/mol. The predicted octanol–water partition coefficient (Wildman–Crippen LogP) is 12.0. The summed E-state index contributed by atoms with van der Waals surface area (Å²) < 4.78 is 68.4. The van der Waals surface area contributed by atoms with Gasteiger partial charge in [-0.25, -0.2) is 0 Å². The third-order valence-corrected chi connectivity index (χ3v) is 14.2. The maximum absolute atomic E-state index is 13.3. The molecule has 0 bridgehead atoms. The van der Waals surface area contributed by atoms with Gasteiger partial charge in [0.05, 0.1) is 52.9 Å². The molecular formula is C62H63ClO11S. The van der Waals surface area contributed by atoms with E-state index in [0.29, 0.717) is 11.6 Å². The van der Waals surface area contributed by atoms with Crippen molar-refractivity contribution in [1.82, 2.24) is 0 Å². The molecule has 7 aromatic rings. The molecule has 0 saturated carbocycles. The van der Waals surface area contributed by atoms with Crippen LogP contribution in [0.4, 0.5) is 0 Å². The first kappa shape index (κ1) is 54.1. The van der Waals surface area contributed by atoms with E-state index in [1.54, 1.807) is 0 Å². The molecule has 0 amide bonds. The minimum atomic E-state index is -1.19. The van der Waals surface area contributed by atoms with Crippen LogP contribution in [0.2, 0.25) is 5.02 Å². The van der Waals surface area contributed by atoms with Crippen LogP contribution < -0.4 is 0 Å². The fraction of sp³-hybridized carbons (Fsp3) is 0.306. The topological polar surface area (TPSA) is 109 Å². The zero-order chi connectivity index (χ0) is 51.4. The molecule has 7 aromatic carbocycles. The zero-order valence-corrected chi connectivity index (χ0v) is 43.4. The van der Waals surface area contributed by atoms with Gasteiger partial charge in [-0.1, -0.05) is 205 Å². The average molecular weight is 1050 g/mol. The van der Waals surface area contributed by atoms with Crippen molar-refractivity contribution in [3.8, 4) is 0 Å². The third-order valence-electron chi connectivity index (χ3n) is 12.8. The number of halogens is 1. The van der Waals surface area contributed by atoms with Crippen molar-refractivity contribution in [1.29, 1.82) is 0 Å². The Hall–Kier alpha value is -5.71. The number of benzene rings is 7. The van der Waals surface area contributed by atoms with E-state index in [2.05, 4.69) is 0 Å². The first-order valence-electron chi connectivity index (χ1n) is 25.3. The minimum Gasteiger partial charge on any atom is -0.454 e. The summed E-state index contributed by atoms with van der Waals surface area (Å²) in [5.74, 6) is -0.545. The number of hydrogen-bond donors (Lipinski definition) is 0. The van der Waals surface area contributed by atoms with Gasteiger partial charge in [0.1, 0.15) is 48.2 Å². The summed E-state index contributed by atoms with van der Waals surface area (Å²) in [7, 11) is 0. The van der Waals surface area contributed by atoms with Crippen molar-refractivity contribution in [2.24, 2.45) is 0 Å². The molecule has 75 heavy (non-hydrogen) atoms. The second kappa shape index (κ2) is 28.4. The van der Waals surface area contributed by atoms with Gasteiger partial charge in [0.15, 0.2) is 12.4 Å². The van der Waals surface area contributed by atoms with Gasteiger partial charge in [-0.05, 0) is 57.6 Å². The van der Waals surface area contributed by atoms with Crippen molar-refractivity contribution in [3.05, 3.63) is 245 Å². The van der Waals surface area contributed by atoms with Crippen LogP contribution in [0.1, 0.15) is 40.3 Å². The van der Waals surface area contributed by atoms with E-state index < -0.39 is 66.5 Å². The Bertz CT molecular complexity index is 2710. The summed E-state index contributed by atoms with van der Waals surface area (Å²) in [4.78, 5) is 14.2. The predicted molar refractivity (Wildman–Crippen MR) is 287 cm³/mol. The van der Waals surface area contributed by atoms with E-state index in [1.165, 1.54) is 18.7 Å². The SMILES string of the molecule is CC(=O)OC1C(OCc2ccccc2)[C@H](OCc2ccccc2)C(COCc2ccccc2)O[C@H]1OCC1O[C@@H](Sc2ccc(Cl)cc2)C(OCc2ccccc2)C(OCc2ccccc2)[C@@H]1OCc1ccccc1. The molecule has 0 aromatic heterocycles. The summed E-state index contributed by atoms with van der Waals surface area (Å²) >= 11 is 7.90. The molecule has 10 atom stereocenters. The molecule has 2 aliphatic heterocycles. The fourth-order valence-corrected chi connectivity index (χ4v) is 10.3. The summed E-state index contributed by atoms with van der Waals surface area (Å²) in [6.45, 7) is 2.91. The van der Waals surface area contributed by atoms with E-state index >= 15 is 0 Å². The standard InChI is InChI=1S/C62H63ClO11S/c1-44(64)72-59-57(68-39-48-26-14-5-15-27-48)55(66-37-46-22-10-3-11-23-46)53(42-65-36-45-20-8-2-9-21-45)73-61(59)71-43-54-56(67-38-47-24-12-4-13-25-47)58(69-40-49-28-16-6-17-29-49)60(70-41-50-30-18-7-19-31-50)62(74-54)75-52-34-32-51(63)33-35-52/h2-35,53-62H,36-43H2,1H3/t53?,54?,55-,56-,57?,58?,59?,60?,61-,62+/m1/s1. The molecule has 390 valence electrons. The molecular weight excluding hydrogens is 988 g/mol. The van der Waals surface area contributed by atoms with Crippen LogP contribution in [0.25, 0.3) is 0 Å². The number of esters is 1. The van der Waals surface area contributed by atoms with Crippen molar-refractivity contribution in [2.75, 3.05) is 13.2 Å². The Morgan fingerprint density at radius 1 is 0.413 bits per heavy atom. The lowest BCUT2D eigenvalue weighted by Gasteiger charge is -2.48. The molecule has 2 saturated heterocycles. The second-order valence-corrected chi connectivity index (χ2v) is 20.0. The van der Waals surface area contributed by atoms with Crippen molar-refractivity contribution in [3.63, 3.8) is 0 Å². The van der Waals surface area contributed by atoms with Gasteiger partial charge < -0.3 is 47.4 Å². The Morgan fingerprint density at radius 3 is 1.19 bits per heavy atom. The van der Waals surface area contributed by atoms with Crippen LogP contribution in [-0.4, -0.2) is 79.7 Å². The number of rotatable bonds is 25. The number of ether oxygens (including phenoxy) is 10. The fourth-order valence-electron chi connectivity index (χ4n) is 9.07. The second-order valence-electron chi connectivity index (χ2n) is 18.4. The van der Waals surface area contributed by atoms with Crippen LogP contribution in [0, 0.1) is 0 Å². The smallest absolute Gasteiger partial charge is 0.303 e. The van der Waals surface area contributed by atoms with Crippen LogP contribution in [0.5, 0.6) is 0 Å². The van der Waals surface area contributed by atoms with Gasteiger partial charge in [-0.15, -0.1) is 0 Å². The van der Waals surface area contributed by atoms with E-state index in [9.17, 15) is 4.79 Å². The Labute approximate surface area is 449 Å². The van der Waals surface area contributed by atoms with Crippen molar-refractivity contribution in [2.45, 2.75) is 112 Å². The van der Waals surface area contributed by atoms with E-state index in [0.717, 1.165) is 38.3 Å². The van der Waals surface area contributed by atoms with E-state index in [4.69, 9.17) is 59.0 Å². The molecule has 2 fully saturated rings. The third kappa shape index (κ3) is 16.2. The van der Waals surface area contributed by atoms with Gasteiger partial charge in [0.25, 0.3) is 0 Å². The number of carbonyl (C=O) groups excluding carboxylic acids is 1. The van der Waals surface area contributed by atoms with Gasteiger partial charge in [-0.3, -0.25) is 4.79 Å². The van der Waals surface area contributed by atoms with Crippen molar-refractivity contribution >= 4 is 29.3 Å². The molecule has 0 aliphatic carbocycles. The van der Waals surface area contributed by atoms with Crippen LogP contribution in [-0.2, 0) is 91.8 Å². The maximum atomic E-state index is 13.3. The molecule has 0 radical (unpaired) electrons. The van der Waals surface area contributed by atoms with Crippen LogP contribution in [0.15, 0.2) is 211 Å². The Kier molecular flexibility index (Phi) is 20.5. The lowest BCUT2D eigenvalue weighted by atomic mass is 9.97. The molecule has 2 aliphatic rings. The zero-order valence-electron chi connectivity index (χ0n) is 41.8. The minimum absolute atomic E-state index is 0.0886. The molecule has 13 heteroatoms. The lowest BCUT2D eigenvalue weighted by molar-refractivity contribution is -0.330. The summed E-state index contributed by atoms with van der Waals surface area (Å²) in [5, 5.41) is 0.614. The van der Waals surface area contributed by atoms with Gasteiger partial charge in [0, 0.05) is 16.8 Å². The molecule has 9 rings (SSSR count). The van der Waals surface area contributed by atoms with E-state index in [1.807, 2.05) is 206 Å². The molecule has 6 unspecified atom stereocenters. The largest absolute Gasteiger partial charge is 0.454 e. The van der Waals surface area contributed by atoms with Gasteiger partial charge in [-0.2, -0.15) is 0 Å². The quantitative estimate of drug-likeness (QED) is 0.0509. The highest BCUT2D eigenvalue weighted by Gasteiger charge is 2.53. The van der Waals surface area contributed by atoms with Crippen LogP contribution in [0.3, 0.4) is 0 Å². The highest BCUT2D eigenvalue weighted by Crippen LogP contribution is 2.40. The number of carbonyl (C=O) groups is 1. The van der Waals surface area contributed by atoms with Crippen LogP contribution >= 0.6 is 23.4 Å². The molecule has 11 nitrogen and oxygen atoms in total. The Morgan fingerprint density at radius 2 is 0.773 bits per heavy atom. The molecule has 0 N–H and O–H groups in total. The first-order valence-corrected chi connectivity index (χ1v) is 26.6. The molecule has 0 spiro atoms. The summed E-state index contributed by atoms with van der Waals surface area (Å²) in [5.41, 5.74) is 5.15. The number of thioether (sulfide) groups is 1. The maximum Gasteiger partial charge on any atom is 0.303 e. The highest BCUT2D eigenvalue weighted by atomic mass is 35.5. The summed E-state index contributed by atoms with van der Waals surface area (Å²) in [6, 6.07) is 67.2. The van der Waals surface area contributed by atoms with Crippen molar-refractivity contribution < 1.29 is 52.2 Å².